The molecule has 0 aromatic carbocycles. The molecule has 1 heterocycles. The molecule has 0 unspecified atom stereocenters. The Morgan fingerprint density at radius 2 is 2.13 bits per heavy atom. The average molecular weight is 318 g/mol. The lowest BCUT2D eigenvalue weighted by atomic mass is 9.46. The molecule has 5 rings (SSSR count). The van der Waals surface area contributed by atoms with E-state index in [1.54, 1.807) is 11.0 Å². The molecule has 6 heteroatoms. The highest BCUT2D eigenvalue weighted by Gasteiger charge is 2.58. The van der Waals surface area contributed by atoms with E-state index in [4.69, 9.17) is 0 Å². The molecule has 4 bridgehead atoms. The number of aliphatic hydroxyl groups is 1. The van der Waals surface area contributed by atoms with Crippen molar-refractivity contribution in [2.45, 2.75) is 70.1 Å². The number of nitrogens with zero attached hydrogens (tertiary/aromatic N) is 3. The van der Waals surface area contributed by atoms with Crippen LogP contribution in [0.5, 0.6) is 0 Å². The highest BCUT2D eigenvalue weighted by Crippen LogP contribution is 2.62. The summed E-state index contributed by atoms with van der Waals surface area (Å²) >= 11 is 0. The van der Waals surface area contributed by atoms with Crippen LogP contribution >= 0.6 is 0 Å². The molecular formula is C17H26N4O2. The minimum Gasteiger partial charge on any atom is -0.390 e. The van der Waals surface area contributed by atoms with E-state index in [9.17, 15) is 9.90 Å². The molecular weight excluding hydrogens is 292 g/mol. The van der Waals surface area contributed by atoms with Gasteiger partial charge in [-0.3, -0.25) is 9.48 Å². The zero-order valence-corrected chi connectivity index (χ0v) is 13.7. The fourth-order valence-electron chi connectivity index (χ4n) is 5.82. The van der Waals surface area contributed by atoms with E-state index < -0.39 is 5.60 Å². The Morgan fingerprint density at radius 3 is 2.74 bits per heavy atom. The van der Waals surface area contributed by atoms with Crippen molar-refractivity contribution >= 4 is 5.91 Å². The van der Waals surface area contributed by atoms with E-state index in [0.29, 0.717) is 24.8 Å². The summed E-state index contributed by atoms with van der Waals surface area (Å²) < 4.78 is 1.68. The number of hydrogen-bond donors (Lipinski definition) is 2. The monoisotopic (exact) mass is 318 g/mol. The van der Waals surface area contributed by atoms with Crippen LogP contribution in [0.4, 0.5) is 0 Å². The van der Waals surface area contributed by atoms with Gasteiger partial charge in [0, 0.05) is 12.5 Å². The Balaban J connectivity index is 1.38. The fourth-order valence-corrected chi connectivity index (χ4v) is 5.82. The molecule has 1 aromatic heterocycles. The normalized spacial score (nSPS) is 39.4. The van der Waals surface area contributed by atoms with Crippen LogP contribution in [0.15, 0.2) is 12.7 Å². The number of aromatic nitrogens is 3. The Kier molecular flexibility index (Phi) is 3.48. The smallest absolute Gasteiger partial charge is 0.222 e. The summed E-state index contributed by atoms with van der Waals surface area (Å²) in [5.74, 6) is 1.36. The van der Waals surface area contributed by atoms with Gasteiger partial charge in [0.2, 0.25) is 5.91 Å². The second kappa shape index (κ2) is 5.30. The first-order chi connectivity index (χ1) is 11.0. The Morgan fingerprint density at radius 1 is 1.39 bits per heavy atom. The summed E-state index contributed by atoms with van der Waals surface area (Å²) in [6.45, 7) is 2.69. The van der Waals surface area contributed by atoms with Crippen molar-refractivity contribution < 1.29 is 9.90 Å². The predicted octanol–water partition coefficient (Wildman–Crippen LogP) is 1.50. The molecule has 1 amide bonds. The number of carbonyl (C=O) groups excluding carboxylic acids is 1. The first-order valence-electron chi connectivity index (χ1n) is 8.81. The summed E-state index contributed by atoms with van der Waals surface area (Å²) in [6.07, 6.45) is 9.93. The Bertz CT molecular complexity index is 571. The van der Waals surface area contributed by atoms with Crippen LogP contribution in [-0.4, -0.2) is 37.4 Å². The summed E-state index contributed by atoms with van der Waals surface area (Å²) in [7, 11) is 0. The number of aryl methyl sites for hydroxylation is 1. The third-order valence-electron chi connectivity index (χ3n) is 6.41. The van der Waals surface area contributed by atoms with Crippen molar-refractivity contribution in [3.05, 3.63) is 12.7 Å². The topological polar surface area (TPSA) is 80.0 Å². The van der Waals surface area contributed by atoms with E-state index in [0.717, 1.165) is 32.1 Å². The number of amides is 1. The molecule has 4 saturated carbocycles. The number of rotatable bonds is 5. The molecule has 0 aliphatic heterocycles. The first-order valence-corrected chi connectivity index (χ1v) is 8.81. The van der Waals surface area contributed by atoms with Crippen molar-refractivity contribution in [2.75, 3.05) is 0 Å². The van der Waals surface area contributed by atoms with Gasteiger partial charge < -0.3 is 10.4 Å². The predicted molar refractivity (Wildman–Crippen MR) is 84.3 cm³/mol. The average Bonchev–Trinajstić information content (AvgIpc) is 2.95. The van der Waals surface area contributed by atoms with Gasteiger partial charge in [-0.25, -0.2) is 4.98 Å². The molecule has 4 fully saturated rings. The summed E-state index contributed by atoms with van der Waals surface area (Å²) in [5.41, 5.74) is -0.369. The Hall–Kier alpha value is -1.43. The minimum absolute atomic E-state index is 0.0655. The molecule has 4 aliphatic rings. The van der Waals surface area contributed by atoms with Gasteiger partial charge in [-0.05, 0) is 62.7 Å². The maximum Gasteiger partial charge on any atom is 0.222 e. The van der Waals surface area contributed by atoms with Gasteiger partial charge in [0.05, 0.1) is 12.1 Å². The highest BCUT2D eigenvalue weighted by atomic mass is 16.3. The van der Waals surface area contributed by atoms with Crippen LogP contribution in [0.2, 0.25) is 0 Å². The number of carbonyl (C=O) groups is 1. The molecule has 6 nitrogen and oxygen atoms in total. The lowest BCUT2D eigenvalue weighted by Crippen LogP contribution is -2.61. The van der Waals surface area contributed by atoms with Gasteiger partial charge in [-0.15, -0.1) is 0 Å². The second-order valence-electron chi connectivity index (χ2n) is 8.25. The summed E-state index contributed by atoms with van der Waals surface area (Å²) in [5, 5.41) is 18.1. The van der Waals surface area contributed by atoms with Crippen LogP contribution < -0.4 is 5.32 Å². The van der Waals surface area contributed by atoms with Gasteiger partial charge in [0.25, 0.3) is 0 Å². The van der Waals surface area contributed by atoms with Gasteiger partial charge >= 0.3 is 0 Å². The Labute approximate surface area is 136 Å². The van der Waals surface area contributed by atoms with Crippen molar-refractivity contribution in [1.82, 2.24) is 20.1 Å². The summed E-state index contributed by atoms with van der Waals surface area (Å²) in [4.78, 5) is 16.2. The quantitative estimate of drug-likeness (QED) is 0.862. The standard InChI is InChI=1S/C17H26N4O2/c1-12(20-15(22)2-3-21-11-18-10-19-21)16-5-13-4-14(6-16)8-17(23,7-13)9-16/h10-14,23H,2-9H2,1H3,(H,20,22)/t12-,13+,14+,16?,17?/m0/s1. The number of nitrogens with one attached hydrogen (secondary N) is 1. The third-order valence-corrected chi connectivity index (χ3v) is 6.41. The lowest BCUT2D eigenvalue weighted by Gasteiger charge is -2.62. The van der Waals surface area contributed by atoms with Crippen molar-refractivity contribution in [2.24, 2.45) is 17.3 Å². The minimum atomic E-state index is -0.468. The van der Waals surface area contributed by atoms with Gasteiger partial charge in [0.1, 0.15) is 12.7 Å². The largest absolute Gasteiger partial charge is 0.390 e. The molecule has 0 radical (unpaired) electrons. The van der Waals surface area contributed by atoms with Crippen molar-refractivity contribution in [3.8, 4) is 0 Å². The molecule has 1 aromatic rings. The fraction of sp³-hybridized carbons (Fsp3) is 0.824. The van der Waals surface area contributed by atoms with E-state index in [-0.39, 0.29) is 17.4 Å². The molecule has 23 heavy (non-hydrogen) atoms. The van der Waals surface area contributed by atoms with Crippen LogP contribution in [0.3, 0.4) is 0 Å². The molecule has 0 spiro atoms. The third kappa shape index (κ3) is 2.77. The second-order valence-corrected chi connectivity index (χ2v) is 8.25. The maximum absolute atomic E-state index is 12.3. The van der Waals surface area contributed by atoms with Gasteiger partial charge in [0.15, 0.2) is 0 Å². The van der Waals surface area contributed by atoms with E-state index in [2.05, 4.69) is 22.3 Å². The van der Waals surface area contributed by atoms with E-state index >= 15 is 0 Å². The lowest BCUT2D eigenvalue weighted by molar-refractivity contribution is -0.173. The SMILES string of the molecule is C[C@H](NC(=O)CCn1cncn1)C12C[C@H]3C[C@@H](CC(O)(C3)C1)C2. The van der Waals surface area contributed by atoms with E-state index in [1.165, 1.54) is 12.7 Å². The highest BCUT2D eigenvalue weighted by molar-refractivity contribution is 5.76. The summed E-state index contributed by atoms with van der Waals surface area (Å²) in [6, 6.07) is 0.128. The van der Waals surface area contributed by atoms with Crippen LogP contribution in [-0.2, 0) is 11.3 Å². The molecule has 2 N–H and O–H groups in total. The zero-order chi connectivity index (χ0) is 16.1. The number of hydrogen-bond acceptors (Lipinski definition) is 4. The zero-order valence-electron chi connectivity index (χ0n) is 13.7. The van der Waals surface area contributed by atoms with E-state index in [1.807, 2.05) is 0 Å². The van der Waals surface area contributed by atoms with Crippen molar-refractivity contribution in [1.29, 1.82) is 0 Å². The van der Waals surface area contributed by atoms with Crippen LogP contribution in [0.1, 0.15) is 51.9 Å². The molecule has 126 valence electrons. The van der Waals surface area contributed by atoms with Gasteiger partial charge in [-0.1, -0.05) is 0 Å². The molecule has 3 atom stereocenters. The van der Waals surface area contributed by atoms with Crippen molar-refractivity contribution in [3.63, 3.8) is 0 Å². The van der Waals surface area contributed by atoms with Gasteiger partial charge in [-0.2, -0.15) is 5.10 Å². The maximum atomic E-state index is 12.3. The molecule has 0 saturated heterocycles. The van der Waals surface area contributed by atoms with Crippen LogP contribution in [0.25, 0.3) is 0 Å². The van der Waals surface area contributed by atoms with Crippen LogP contribution in [0, 0.1) is 17.3 Å². The molecule has 4 aliphatic carbocycles. The first kappa shape index (κ1) is 15.1.